The van der Waals surface area contributed by atoms with E-state index in [9.17, 15) is 2.74 Å². The first-order valence-corrected chi connectivity index (χ1v) is 17.8. The summed E-state index contributed by atoms with van der Waals surface area (Å²) in [5.41, 5.74) is 7.06. The molecule has 0 unspecified atom stereocenters. The van der Waals surface area contributed by atoms with E-state index in [1.807, 2.05) is 133 Å². The summed E-state index contributed by atoms with van der Waals surface area (Å²) in [5, 5.41) is 0.448. The van der Waals surface area contributed by atoms with Crippen LogP contribution in [0.1, 0.15) is 12.3 Å². The topological polar surface area (TPSA) is 43.6 Å². The largest absolute Gasteiger partial charge is 0.309 e. The molecule has 55 heavy (non-hydrogen) atoms. The molecule has 4 nitrogen and oxygen atoms in total. The Morgan fingerprint density at radius 1 is 0.364 bits per heavy atom. The minimum Gasteiger partial charge on any atom is -0.309 e. The Kier molecular flexibility index (Phi) is 6.04. The number of benzene rings is 8. The number of para-hydroxylation sites is 1. The van der Waals surface area contributed by atoms with Gasteiger partial charge in [0.05, 0.1) is 23.4 Å². The van der Waals surface area contributed by atoms with E-state index in [4.69, 9.17) is 24.5 Å². The standard InChI is InChI=1S/C51H34N4/c1-5-17-35(18-6-1)39-25-15-26-40(31-39)50-52-49(38-23-11-4-12-24-38)53-51(54-50)42-32-41(36-19-7-2-8-20-36)33-43(34-42)55-46-29-14-13-27-45(46)48-44(28-16-30-47(48)55)37-21-9-3-10-22-37/h1-34H/i3D,9D,10D,13D,14D,21D,22D,27D,29D. The molecule has 0 aliphatic heterocycles. The third-order valence-electron chi connectivity index (χ3n) is 9.63. The first-order valence-electron chi connectivity index (χ1n) is 22.3. The molecule has 0 aliphatic rings. The predicted molar refractivity (Wildman–Crippen MR) is 227 cm³/mol. The van der Waals surface area contributed by atoms with Crippen molar-refractivity contribution in [1.82, 2.24) is 19.5 Å². The summed E-state index contributed by atoms with van der Waals surface area (Å²) in [6, 6.07) is 44.3. The van der Waals surface area contributed by atoms with Crippen molar-refractivity contribution in [2.24, 2.45) is 0 Å². The van der Waals surface area contributed by atoms with Crippen LogP contribution >= 0.6 is 0 Å². The smallest absolute Gasteiger partial charge is 0.164 e. The SMILES string of the molecule is [2H]c1c([2H])c([2H])c(-c2cccc3c2c2c([2H])c([2H])c([2H])c([2H])c2n3-c2cc(-c3ccccc3)cc(-c3nc(-c4ccccc4)nc(-c4cccc(-c5ccccc5)c4)n3)c2)c([2H])c1[2H]. The highest BCUT2D eigenvalue weighted by atomic mass is 15.0. The van der Waals surface area contributed by atoms with Gasteiger partial charge in [-0.25, -0.2) is 15.0 Å². The van der Waals surface area contributed by atoms with E-state index < -0.39 is 42.3 Å². The van der Waals surface area contributed by atoms with Gasteiger partial charge in [-0.2, -0.15) is 0 Å². The highest BCUT2D eigenvalue weighted by Gasteiger charge is 2.19. The van der Waals surface area contributed by atoms with Gasteiger partial charge >= 0.3 is 0 Å². The maximum absolute atomic E-state index is 9.36. The van der Waals surface area contributed by atoms with Crippen molar-refractivity contribution in [2.75, 3.05) is 0 Å². The van der Waals surface area contributed by atoms with Gasteiger partial charge in [0, 0.05) is 33.2 Å². The molecule has 10 aromatic rings. The molecule has 10 rings (SSSR count). The predicted octanol–water partition coefficient (Wildman–Crippen LogP) is 13.0. The van der Waals surface area contributed by atoms with Gasteiger partial charge in [0.15, 0.2) is 17.5 Å². The molecule has 8 aromatic carbocycles. The lowest BCUT2D eigenvalue weighted by atomic mass is 9.99. The van der Waals surface area contributed by atoms with Crippen molar-refractivity contribution in [3.05, 3.63) is 206 Å². The number of aromatic nitrogens is 4. The quantitative estimate of drug-likeness (QED) is 0.165. The Bertz CT molecular complexity index is 3460. The maximum atomic E-state index is 9.36. The number of rotatable bonds is 7. The molecule has 0 bridgehead atoms. The summed E-state index contributed by atoms with van der Waals surface area (Å²) in [5.74, 6) is 1.25. The first-order chi connectivity index (χ1) is 31.0. The molecule has 0 atom stereocenters. The lowest BCUT2D eigenvalue weighted by Gasteiger charge is -2.15. The minimum absolute atomic E-state index is 0.0794. The third kappa shape index (κ3) is 6.06. The lowest BCUT2D eigenvalue weighted by molar-refractivity contribution is 1.07. The maximum Gasteiger partial charge on any atom is 0.164 e. The van der Waals surface area contributed by atoms with Gasteiger partial charge < -0.3 is 4.57 Å². The van der Waals surface area contributed by atoms with Gasteiger partial charge in [0.2, 0.25) is 0 Å². The fraction of sp³-hybridized carbons (Fsp3) is 0. The molecule has 0 aliphatic carbocycles. The van der Waals surface area contributed by atoms with Gasteiger partial charge in [-0.15, -0.1) is 0 Å². The molecule has 0 saturated heterocycles. The second-order valence-corrected chi connectivity index (χ2v) is 13.0. The Morgan fingerprint density at radius 3 is 1.62 bits per heavy atom. The van der Waals surface area contributed by atoms with Crippen molar-refractivity contribution < 1.29 is 12.3 Å². The van der Waals surface area contributed by atoms with Gasteiger partial charge in [0.1, 0.15) is 0 Å². The van der Waals surface area contributed by atoms with Crippen LogP contribution in [0.25, 0.3) is 95.0 Å². The van der Waals surface area contributed by atoms with E-state index in [0.29, 0.717) is 39.6 Å². The highest BCUT2D eigenvalue weighted by Crippen LogP contribution is 2.40. The Balaban J connectivity index is 1.29. The number of nitrogens with zero attached hydrogens (tertiary/aromatic N) is 4. The van der Waals surface area contributed by atoms with Crippen LogP contribution in [0.3, 0.4) is 0 Å². The van der Waals surface area contributed by atoms with Crippen molar-refractivity contribution in [1.29, 1.82) is 0 Å². The Hall–Kier alpha value is -7.43. The van der Waals surface area contributed by atoms with Crippen LogP contribution in [0.2, 0.25) is 0 Å². The molecule has 0 amide bonds. The van der Waals surface area contributed by atoms with E-state index in [0.717, 1.165) is 33.4 Å². The van der Waals surface area contributed by atoms with Crippen LogP contribution in [-0.4, -0.2) is 19.5 Å². The fourth-order valence-electron chi connectivity index (χ4n) is 7.11. The molecule has 0 N–H and O–H groups in total. The average Bonchev–Trinajstić information content (AvgIpc) is 3.71. The molecule has 2 heterocycles. The van der Waals surface area contributed by atoms with Gasteiger partial charge in [-0.3, -0.25) is 0 Å². The molecule has 0 spiro atoms. The summed E-state index contributed by atoms with van der Waals surface area (Å²) in [4.78, 5) is 15.2. The normalized spacial score (nSPS) is 13.6. The minimum atomic E-state index is -0.540. The van der Waals surface area contributed by atoms with Crippen molar-refractivity contribution in [3.63, 3.8) is 0 Å². The zero-order chi connectivity index (χ0) is 44.4. The van der Waals surface area contributed by atoms with Crippen LogP contribution < -0.4 is 0 Å². The first kappa shape index (κ1) is 24.0. The summed E-state index contributed by atoms with van der Waals surface area (Å²) in [7, 11) is 0. The Morgan fingerprint density at radius 2 is 0.891 bits per heavy atom. The monoisotopic (exact) mass is 711 g/mol. The average molecular weight is 712 g/mol. The summed E-state index contributed by atoms with van der Waals surface area (Å²) in [6.07, 6.45) is 0. The van der Waals surface area contributed by atoms with Crippen LogP contribution in [0.5, 0.6) is 0 Å². The van der Waals surface area contributed by atoms with Crippen molar-refractivity contribution >= 4 is 21.8 Å². The van der Waals surface area contributed by atoms with Gasteiger partial charge in [-0.05, 0) is 69.8 Å². The van der Waals surface area contributed by atoms with Gasteiger partial charge in [-0.1, -0.05) is 170 Å². The number of hydrogen-bond donors (Lipinski definition) is 0. The third-order valence-corrected chi connectivity index (χ3v) is 9.63. The van der Waals surface area contributed by atoms with Crippen molar-refractivity contribution in [2.45, 2.75) is 0 Å². The van der Waals surface area contributed by atoms with Crippen LogP contribution in [0.4, 0.5) is 0 Å². The summed E-state index contributed by atoms with van der Waals surface area (Å²) in [6.45, 7) is 0. The van der Waals surface area contributed by atoms with E-state index in [1.165, 1.54) is 0 Å². The van der Waals surface area contributed by atoms with Gasteiger partial charge in [0.25, 0.3) is 0 Å². The molecule has 2 aromatic heterocycles. The van der Waals surface area contributed by atoms with Crippen LogP contribution in [0.15, 0.2) is 206 Å². The summed E-state index contributed by atoms with van der Waals surface area (Å²) >= 11 is 0. The molecule has 4 heteroatoms. The fourth-order valence-corrected chi connectivity index (χ4v) is 7.11. The molecule has 0 radical (unpaired) electrons. The van der Waals surface area contributed by atoms with Crippen LogP contribution in [-0.2, 0) is 0 Å². The van der Waals surface area contributed by atoms with E-state index >= 15 is 0 Å². The van der Waals surface area contributed by atoms with E-state index in [2.05, 4.69) is 0 Å². The molecular weight excluding hydrogens is 669 g/mol. The highest BCUT2D eigenvalue weighted by molar-refractivity contribution is 6.15. The van der Waals surface area contributed by atoms with E-state index in [-0.39, 0.29) is 34.1 Å². The summed E-state index contributed by atoms with van der Waals surface area (Å²) < 4.78 is 81.0. The molecular formula is C51H34N4. The molecule has 258 valence electrons. The second kappa shape index (κ2) is 13.8. The molecule has 0 saturated carbocycles. The van der Waals surface area contributed by atoms with E-state index in [1.54, 1.807) is 22.8 Å². The zero-order valence-electron chi connectivity index (χ0n) is 38.2. The van der Waals surface area contributed by atoms with Crippen LogP contribution in [0, 0.1) is 0 Å². The zero-order valence-corrected chi connectivity index (χ0v) is 29.2. The molecule has 0 fully saturated rings. The second-order valence-electron chi connectivity index (χ2n) is 13.0. The lowest BCUT2D eigenvalue weighted by Crippen LogP contribution is -2.02. The Labute approximate surface area is 332 Å². The van der Waals surface area contributed by atoms with Crippen molar-refractivity contribution in [3.8, 4) is 73.2 Å². The number of hydrogen-bond acceptors (Lipinski definition) is 3. The number of fused-ring (bicyclic) bond motifs is 3.